The standard InChI is InChI=1S/C10H19NS2/c1-2-9(3-1)6-11-7-10-8-12-4-5-13-10/h9-11H,1-8H2. The van der Waals surface area contributed by atoms with Gasteiger partial charge in [-0.3, -0.25) is 0 Å². The normalized spacial score (nSPS) is 30.0. The molecule has 76 valence electrons. The van der Waals surface area contributed by atoms with Gasteiger partial charge in [-0.25, -0.2) is 0 Å². The van der Waals surface area contributed by atoms with Crippen molar-refractivity contribution in [2.45, 2.75) is 24.5 Å². The fourth-order valence-electron chi connectivity index (χ4n) is 1.80. The Morgan fingerprint density at radius 2 is 2.08 bits per heavy atom. The monoisotopic (exact) mass is 217 g/mol. The second-order valence-corrected chi connectivity index (χ2v) is 6.58. The molecule has 3 heteroatoms. The van der Waals surface area contributed by atoms with Gasteiger partial charge in [-0.2, -0.15) is 23.5 Å². The molecule has 1 saturated heterocycles. The predicted molar refractivity (Wildman–Crippen MR) is 63.8 cm³/mol. The molecule has 0 aromatic rings. The quantitative estimate of drug-likeness (QED) is 0.775. The van der Waals surface area contributed by atoms with Crippen LogP contribution in [-0.4, -0.2) is 35.6 Å². The maximum absolute atomic E-state index is 3.62. The molecule has 1 nitrogen and oxygen atoms in total. The molecule has 0 aromatic carbocycles. The lowest BCUT2D eigenvalue weighted by Gasteiger charge is -2.27. The summed E-state index contributed by atoms with van der Waals surface area (Å²) in [5.41, 5.74) is 0. The molecule has 2 fully saturated rings. The maximum Gasteiger partial charge on any atom is 0.0263 e. The average Bonchev–Trinajstić information content (AvgIpc) is 2.11. The average molecular weight is 217 g/mol. The summed E-state index contributed by atoms with van der Waals surface area (Å²) >= 11 is 4.28. The van der Waals surface area contributed by atoms with Crippen LogP contribution in [0.4, 0.5) is 0 Å². The third-order valence-electron chi connectivity index (χ3n) is 2.91. The lowest BCUT2D eigenvalue weighted by atomic mass is 9.85. The Hall–Kier alpha value is 0.660. The van der Waals surface area contributed by atoms with Crippen LogP contribution < -0.4 is 5.32 Å². The van der Waals surface area contributed by atoms with E-state index < -0.39 is 0 Å². The number of hydrogen-bond acceptors (Lipinski definition) is 3. The van der Waals surface area contributed by atoms with Gasteiger partial charge in [-0.15, -0.1) is 0 Å². The summed E-state index contributed by atoms with van der Waals surface area (Å²) in [6, 6.07) is 0. The van der Waals surface area contributed by atoms with E-state index in [1.54, 1.807) is 0 Å². The first-order valence-electron chi connectivity index (χ1n) is 5.35. The van der Waals surface area contributed by atoms with Crippen LogP contribution in [0.5, 0.6) is 0 Å². The summed E-state index contributed by atoms with van der Waals surface area (Å²) in [4.78, 5) is 0. The van der Waals surface area contributed by atoms with Crippen LogP contribution in [0.3, 0.4) is 0 Å². The van der Waals surface area contributed by atoms with E-state index in [-0.39, 0.29) is 0 Å². The number of thioether (sulfide) groups is 2. The Morgan fingerprint density at radius 1 is 1.15 bits per heavy atom. The Balaban J connectivity index is 1.50. The minimum atomic E-state index is 0.888. The van der Waals surface area contributed by atoms with Gasteiger partial charge >= 0.3 is 0 Å². The lowest BCUT2D eigenvalue weighted by Crippen LogP contribution is -2.34. The van der Waals surface area contributed by atoms with Crippen molar-refractivity contribution in [1.29, 1.82) is 0 Å². The Kier molecular flexibility index (Phi) is 4.32. The van der Waals surface area contributed by atoms with Gasteiger partial charge in [0.25, 0.3) is 0 Å². The number of rotatable bonds is 4. The molecule has 0 radical (unpaired) electrons. The molecule has 1 aliphatic heterocycles. The molecular weight excluding hydrogens is 198 g/mol. The number of nitrogens with one attached hydrogen (secondary N) is 1. The first-order valence-corrected chi connectivity index (χ1v) is 7.55. The van der Waals surface area contributed by atoms with E-state index in [1.807, 2.05) is 0 Å². The Labute approximate surface area is 89.8 Å². The van der Waals surface area contributed by atoms with Crippen LogP contribution in [0.1, 0.15) is 19.3 Å². The highest BCUT2D eigenvalue weighted by atomic mass is 32.2. The molecule has 1 N–H and O–H groups in total. The molecule has 2 rings (SSSR count). The van der Waals surface area contributed by atoms with Crippen LogP contribution in [0.25, 0.3) is 0 Å². The van der Waals surface area contributed by atoms with E-state index >= 15 is 0 Å². The van der Waals surface area contributed by atoms with Crippen molar-refractivity contribution < 1.29 is 0 Å². The molecule has 1 heterocycles. The molecule has 2 aliphatic rings. The van der Waals surface area contributed by atoms with Crippen LogP contribution >= 0.6 is 23.5 Å². The highest BCUT2D eigenvalue weighted by Crippen LogP contribution is 2.26. The van der Waals surface area contributed by atoms with Gasteiger partial charge in [0, 0.05) is 29.1 Å². The van der Waals surface area contributed by atoms with E-state index in [2.05, 4.69) is 28.8 Å². The maximum atomic E-state index is 3.62. The zero-order valence-electron chi connectivity index (χ0n) is 8.13. The molecule has 1 unspecified atom stereocenters. The Bertz CT molecular complexity index is 142. The fraction of sp³-hybridized carbons (Fsp3) is 1.00. The third kappa shape index (κ3) is 3.37. The minimum Gasteiger partial charge on any atom is -0.315 e. The molecule has 13 heavy (non-hydrogen) atoms. The topological polar surface area (TPSA) is 12.0 Å². The smallest absolute Gasteiger partial charge is 0.0263 e. The zero-order valence-corrected chi connectivity index (χ0v) is 9.76. The predicted octanol–water partition coefficient (Wildman–Crippen LogP) is 2.22. The summed E-state index contributed by atoms with van der Waals surface area (Å²) in [6.07, 6.45) is 4.42. The lowest BCUT2D eigenvalue weighted by molar-refractivity contribution is 0.303. The highest BCUT2D eigenvalue weighted by molar-refractivity contribution is 8.06. The molecule has 0 spiro atoms. The summed E-state index contributed by atoms with van der Waals surface area (Å²) < 4.78 is 0. The van der Waals surface area contributed by atoms with Crippen LogP contribution in [0.15, 0.2) is 0 Å². The molecule has 0 bridgehead atoms. The summed E-state index contributed by atoms with van der Waals surface area (Å²) in [5, 5.41) is 4.51. The first-order chi connectivity index (χ1) is 6.45. The molecule has 0 aromatic heterocycles. The second kappa shape index (κ2) is 5.52. The molecule has 1 aliphatic carbocycles. The number of hydrogen-bond donors (Lipinski definition) is 1. The Morgan fingerprint density at radius 3 is 2.69 bits per heavy atom. The van der Waals surface area contributed by atoms with E-state index in [0.29, 0.717) is 0 Å². The van der Waals surface area contributed by atoms with Gasteiger partial charge in [0.2, 0.25) is 0 Å². The van der Waals surface area contributed by atoms with Gasteiger partial charge in [-0.05, 0) is 25.3 Å². The van der Waals surface area contributed by atoms with Gasteiger partial charge in [-0.1, -0.05) is 6.42 Å². The van der Waals surface area contributed by atoms with Crippen molar-refractivity contribution in [3.05, 3.63) is 0 Å². The van der Waals surface area contributed by atoms with Crippen molar-refractivity contribution in [2.75, 3.05) is 30.3 Å². The van der Waals surface area contributed by atoms with Crippen molar-refractivity contribution in [2.24, 2.45) is 5.92 Å². The second-order valence-electron chi connectivity index (χ2n) is 4.02. The van der Waals surface area contributed by atoms with Crippen molar-refractivity contribution in [3.63, 3.8) is 0 Å². The molecule has 0 amide bonds. The first kappa shape index (κ1) is 10.2. The van der Waals surface area contributed by atoms with Crippen molar-refractivity contribution in [1.82, 2.24) is 5.32 Å². The van der Waals surface area contributed by atoms with Gasteiger partial charge in [0.15, 0.2) is 0 Å². The van der Waals surface area contributed by atoms with Crippen LogP contribution in [-0.2, 0) is 0 Å². The molecular formula is C10H19NS2. The zero-order chi connectivity index (χ0) is 8.93. The summed E-state index contributed by atoms with van der Waals surface area (Å²) in [7, 11) is 0. The third-order valence-corrected chi connectivity index (χ3v) is 5.76. The SMILES string of the molecule is C1CC(CNCC2CSCCS2)C1. The molecule has 1 saturated carbocycles. The van der Waals surface area contributed by atoms with E-state index in [9.17, 15) is 0 Å². The largest absolute Gasteiger partial charge is 0.315 e. The van der Waals surface area contributed by atoms with Gasteiger partial charge in [0.1, 0.15) is 0 Å². The van der Waals surface area contributed by atoms with Gasteiger partial charge in [0.05, 0.1) is 0 Å². The molecule has 1 atom stereocenters. The van der Waals surface area contributed by atoms with Crippen LogP contribution in [0.2, 0.25) is 0 Å². The minimum absolute atomic E-state index is 0.888. The summed E-state index contributed by atoms with van der Waals surface area (Å²) in [6.45, 7) is 2.52. The van der Waals surface area contributed by atoms with Crippen LogP contribution in [0, 0.1) is 5.92 Å². The van der Waals surface area contributed by atoms with Crippen molar-refractivity contribution >= 4 is 23.5 Å². The van der Waals surface area contributed by atoms with Gasteiger partial charge < -0.3 is 5.32 Å². The van der Waals surface area contributed by atoms with E-state index in [1.165, 1.54) is 49.6 Å². The van der Waals surface area contributed by atoms with E-state index in [4.69, 9.17) is 0 Å². The summed E-state index contributed by atoms with van der Waals surface area (Å²) in [5.74, 6) is 5.10. The fourth-order valence-corrected chi connectivity index (χ4v) is 4.45. The van der Waals surface area contributed by atoms with E-state index in [0.717, 1.165) is 11.2 Å². The highest BCUT2D eigenvalue weighted by Gasteiger charge is 2.18. The van der Waals surface area contributed by atoms with Crippen molar-refractivity contribution in [3.8, 4) is 0 Å².